The van der Waals surface area contributed by atoms with Gasteiger partial charge in [0.15, 0.2) is 0 Å². The highest BCUT2D eigenvalue weighted by Crippen LogP contribution is 2.32. The maximum atomic E-state index is 9.99. The zero-order chi connectivity index (χ0) is 21.1. The number of phenols is 2. The molecule has 0 atom stereocenters. The Morgan fingerprint density at radius 2 is 1.23 bits per heavy atom. The molecule has 0 saturated heterocycles. The summed E-state index contributed by atoms with van der Waals surface area (Å²) in [5, 5.41) is 20.0. The summed E-state index contributed by atoms with van der Waals surface area (Å²) >= 11 is 0. The van der Waals surface area contributed by atoms with Crippen LogP contribution in [0.5, 0.6) is 11.5 Å². The van der Waals surface area contributed by atoms with Gasteiger partial charge in [0.05, 0.1) is 22.4 Å². The second kappa shape index (κ2) is 8.17. The third kappa shape index (κ3) is 4.05. The first-order chi connectivity index (χ1) is 14.5. The predicted octanol–water partition coefficient (Wildman–Crippen LogP) is 3.64. The zero-order valence-electron chi connectivity index (χ0n) is 16.2. The topological polar surface area (TPSA) is 91.0 Å². The summed E-state index contributed by atoms with van der Waals surface area (Å²) in [5.41, 5.74) is 4.41. The first kappa shape index (κ1) is 19.3. The van der Waals surface area contributed by atoms with E-state index >= 15 is 0 Å². The van der Waals surface area contributed by atoms with Crippen LogP contribution < -0.4 is 5.59 Å². The smallest absolute Gasteiger partial charge is 0.144 e. The van der Waals surface area contributed by atoms with E-state index in [1.165, 1.54) is 0 Å². The number of benzene rings is 3. The van der Waals surface area contributed by atoms with E-state index in [0.717, 1.165) is 0 Å². The van der Waals surface area contributed by atoms with E-state index in [4.69, 9.17) is 7.85 Å². The van der Waals surface area contributed by atoms with Crippen molar-refractivity contribution >= 4 is 48.3 Å². The molecule has 2 radical (unpaired) electrons. The molecule has 0 amide bonds. The number of aromatic nitrogens is 2. The predicted molar refractivity (Wildman–Crippen MR) is 120 cm³/mol. The van der Waals surface area contributed by atoms with Crippen LogP contribution in [0.4, 0.5) is 11.4 Å². The van der Waals surface area contributed by atoms with Crippen molar-refractivity contribution in [1.29, 1.82) is 0 Å². The lowest BCUT2D eigenvalue weighted by Crippen LogP contribution is -2.14. The summed E-state index contributed by atoms with van der Waals surface area (Å²) in [6.07, 6.45) is 3.12. The lowest BCUT2D eigenvalue weighted by atomic mass is 10.0. The van der Waals surface area contributed by atoms with Crippen LogP contribution in [0, 0.1) is 6.92 Å². The molecule has 144 valence electrons. The fraction of sp³-hybridized carbons (Fsp3) is 0.0435. The van der Waals surface area contributed by atoms with E-state index < -0.39 is 0 Å². The Hall–Kier alpha value is -4.00. The second-order valence-electron chi connectivity index (χ2n) is 6.66. The minimum atomic E-state index is 0.126. The molecule has 0 spiro atoms. The number of fused-ring (bicyclic) bond motifs is 1. The average Bonchev–Trinajstić information content (AvgIpc) is 2.73. The molecule has 3 aromatic carbocycles. The van der Waals surface area contributed by atoms with Crippen molar-refractivity contribution in [2.75, 3.05) is 0 Å². The van der Waals surface area contributed by atoms with Crippen LogP contribution in [0.3, 0.4) is 0 Å². The zero-order valence-corrected chi connectivity index (χ0v) is 16.2. The van der Waals surface area contributed by atoms with Gasteiger partial charge in [0.25, 0.3) is 0 Å². The van der Waals surface area contributed by atoms with E-state index in [9.17, 15) is 10.2 Å². The third-order valence-electron chi connectivity index (χ3n) is 4.53. The molecular formula is C23H17BN4O2. The molecule has 6 nitrogen and oxygen atoms in total. The first-order valence-corrected chi connectivity index (χ1v) is 9.23. The van der Waals surface area contributed by atoms with Crippen LogP contribution in [0.2, 0.25) is 0 Å². The summed E-state index contributed by atoms with van der Waals surface area (Å²) in [4.78, 5) is 17.9. The fourth-order valence-electron chi connectivity index (χ4n) is 2.86. The lowest BCUT2D eigenvalue weighted by molar-refractivity contribution is 0.474. The number of aliphatic imine (C=N–C) groups is 2. The lowest BCUT2D eigenvalue weighted by Gasteiger charge is -2.07. The van der Waals surface area contributed by atoms with Gasteiger partial charge >= 0.3 is 0 Å². The van der Waals surface area contributed by atoms with Gasteiger partial charge in [-0.05, 0) is 43.3 Å². The summed E-state index contributed by atoms with van der Waals surface area (Å²) in [5.74, 6) is 0.255. The Labute approximate surface area is 174 Å². The van der Waals surface area contributed by atoms with Gasteiger partial charge < -0.3 is 10.2 Å². The number of hydrogen-bond donors (Lipinski definition) is 2. The summed E-state index contributed by atoms with van der Waals surface area (Å²) in [6, 6.07) is 17.3. The van der Waals surface area contributed by atoms with Crippen molar-refractivity contribution < 1.29 is 10.2 Å². The van der Waals surface area contributed by atoms with Crippen LogP contribution >= 0.6 is 0 Å². The van der Waals surface area contributed by atoms with Gasteiger partial charge in [0.1, 0.15) is 19.3 Å². The molecule has 0 saturated carbocycles. The standard InChI is InChI=1S/C23H17BN4O2/c1-14-23(24)28-20-11-18(26-13-16-7-3-5-9-22(16)30)17(10-19(20)27-14)25-12-15-6-2-4-8-21(15)29/h2-13,29-30H,1H3. The van der Waals surface area contributed by atoms with Crippen molar-refractivity contribution in [2.24, 2.45) is 9.98 Å². The van der Waals surface area contributed by atoms with Gasteiger partial charge in [-0.1, -0.05) is 24.3 Å². The summed E-state index contributed by atoms with van der Waals surface area (Å²) < 4.78 is 0. The van der Waals surface area contributed by atoms with Crippen molar-refractivity contribution in [3.63, 3.8) is 0 Å². The van der Waals surface area contributed by atoms with E-state index in [2.05, 4.69) is 20.0 Å². The second-order valence-corrected chi connectivity index (χ2v) is 6.66. The van der Waals surface area contributed by atoms with Gasteiger partial charge in [0, 0.05) is 34.8 Å². The molecule has 1 heterocycles. The van der Waals surface area contributed by atoms with E-state index in [0.29, 0.717) is 44.8 Å². The minimum Gasteiger partial charge on any atom is -0.507 e. The van der Waals surface area contributed by atoms with Crippen LogP contribution in [0.15, 0.2) is 70.6 Å². The first-order valence-electron chi connectivity index (χ1n) is 9.23. The highest BCUT2D eigenvalue weighted by atomic mass is 16.3. The molecule has 0 aliphatic rings. The molecule has 0 bridgehead atoms. The number of nitrogens with zero attached hydrogens (tertiary/aromatic N) is 4. The van der Waals surface area contributed by atoms with E-state index in [1.807, 2.05) is 12.1 Å². The van der Waals surface area contributed by atoms with E-state index in [-0.39, 0.29) is 11.5 Å². The van der Waals surface area contributed by atoms with Crippen LogP contribution in [0.25, 0.3) is 11.0 Å². The Balaban J connectivity index is 1.83. The number of rotatable bonds is 4. The summed E-state index contributed by atoms with van der Waals surface area (Å²) in [6.45, 7) is 1.79. The van der Waals surface area contributed by atoms with Crippen molar-refractivity contribution in [1.82, 2.24) is 9.97 Å². The van der Waals surface area contributed by atoms with Crippen molar-refractivity contribution in [2.45, 2.75) is 6.92 Å². The molecule has 7 heteroatoms. The van der Waals surface area contributed by atoms with Crippen LogP contribution in [-0.2, 0) is 0 Å². The summed E-state index contributed by atoms with van der Waals surface area (Å²) in [7, 11) is 5.91. The van der Waals surface area contributed by atoms with Gasteiger partial charge in [-0.2, -0.15) is 0 Å². The molecular weight excluding hydrogens is 375 g/mol. The SMILES string of the molecule is [B]c1nc2cc(N=Cc3ccccc3O)c(N=Cc3ccccc3O)cc2nc1C. The van der Waals surface area contributed by atoms with Crippen molar-refractivity contribution in [3.05, 3.63) is 77.5 Å². The molecule has 4 aromatic rings. The quantitative estimate of drug-likeness (QED) is 0.410. The Kier molecular flexibility index (Phi) is 5.26. The van der Waals surface area contributed by atoms with Crippen LogP contribution in [0.1, 0.15) is 16.8 Å². The van der Waals surface area contributed by atoms with Gasteiger partial charge in [-0.25, -0.2) is 0 Å². The van der Waals surface area contributed by atoms with Crippen molar-refractivity contribution in [3.8, 4) is 11.5 Å². The Morgan fingerprint density at radius 1 is 0.767 bits per heavy atom. The molecule has 30 heavy (non-hydrogen) atoms. The number of aryl methyl sites for hydroxylation is 1. The number of phenolic OH excluding ortho intramolecular Hbond substituents is 2. The maximum absolute atomic E-state index is 9.99. The molecule has 0 aliphatic carbocycles. The molecule has 0 fully saturated rings. The van der Waals surface area contributed by atoms with Crippen LogP contribution in [-0.4, -0.2) is 40.5 Å². The fourth-order valence-corrected chi connectivity index (χ4v) is 2.86. The largest absolute Gasteiger partial charge is 0.507 e. The Bertz CT molecular complexity index is 1200. The normalized spacial score (nSPS) is 11.6. The van der Waals surface area contributed by atoms with Gasteiger partial charge in [-0.15, -0.1) is 0 Å². The molecule has 0 unspecified atom stereocenters. The highest BCUT2D eigenvalue weighted by molar-refractivity contribution is 6.31. The monoisotopic (exact) mass is 392 g/mol. The number of para-hydroxylation sites is 2. The maximum Gasteiger partial charge on any atom is 0.144 e. The van der Waals surface area contributed by atoms with Gasteiger partial charge in [0.2, 0.25) is 0 Å². The molecule has 0 aliphatic heterocycles. The third-order valence-corrected chi connectivity index (χ3v) is 4.53. The minimum absolute atomic E-state index is 0.126. The molecule has 1 aromatic heterocycles. The highest BCUT2D eigenvalue weighted by Gasteiger charge is 2.08. The average molecular weight is 392 g/mol. The molecule has 4 rings (SSSR count). The van der Waals surface area contributed by atoms with Gasteiger partial charge in [-0.3, -0.25) is 20.0 Å². The van der Waals surface area contributed by atoms with E-state index in [1.54, 1.807) is 67.9 Å². The number of aromatic hydroxyl groups is 2. The Morgan fingerprint density at radius 3 is 1.73 bits per heavy atom. The number of hydrogen-bond acceptors (Lipinski definition) is 6. The molecule has 2 N–H and O–H groups in total.